The van der Waals surface area contributed by atoms with Gasteiger partial charge < -0.3 is 15.3 Å². The van der Waals surface area contributed by atoms with Crippen molar-refractivity contribution in [3.63, 3.8) is 0 Å². The quantitative estimate of drug-likeness (QED) is 0.267. The van der Waals surface area contributed by atoms with Gasteiger partial charge in [0.2, 0.25) is 0 Å². The van der Waals surface area contributed by atoms with Crippen LogP contribution in [0.25, 0.3) is 0 Å². The van der Waals surface area contributed by atoms with Crippen molar-refractivity contribution >= 4 is 11.9 Å². The summed E-state index contributed by atoms with van der Waals surface area (Å²) >= 11 is 0. The van der Waals surface area contributed by atoms with Crippen LogP contribution in [0.15, 0.2) is 60.7 Å². The van der Waals surface area contributed by atoms with Gasteiger partial charge in [-0.1, -0.05) is 87.4 Å². The Labute approximate surface area is 203 Å². The number of aliphatic hydroxyl groups excluding tert-OH is 1. The minimum atomic E-state index is -0.786. The lowest BCUT2D eigenvalue weighted by Gasteiger charge is -2.31. The summed E-state index contributed by atoms with van der Waals surface area (Å²) in [6, 6.07) is 20.1. The van der Waals surface area contributed by atoms with Gasteiger partial charge in [-0.05, 0) is 60.5 Å². The summed E-state index contributed by atoms with van der Waals surface area (Å²) < 4.78 is 0. The van der Waals surface area contributed by atoms with Crippen molar-refractivity contribution in [2.75, 3.05) is 0 Å². The average Bonchev–Trinajstić information content (AvgIpc) is 2.82. The molecule has 0 aromatic heterocycles. The molecular formula is C29H40O5. The summed E-state index contributed by atoms with van der Waals surface area (Å²) in [5, 5.41) is 29.0. The van der Waals surface area contributed by atoms with Crippen LogP contribution < -0.4 is 0 Å². The topological polar surface area (TPSA) is 94.8 Å². The van der Waals surface area contributed by atoms with E-state index in [0.29, 0.717) is 25.7 Å². The second-order valence-electron chi connectivity index (χ2n) is 10.1. The van der Waals surface area contributed by atoms with Gasteiger partial charge in [0.15, 0.2) is 0 Å². The van der Waals surface area contributed by atoms with Crippen molar-refractivity contribution in [1.82, 2.24) is 0 Å². The van der Waals surface area contributed by atoms with E-state index in [0.717, 1.165) is 36.8 Å². The molecule has 0 saturated carbocycles. The van der Waals surface area contributed by atoms with Crippen molar-refractivity contribution in [2.24, 2.45) is 0 Å². The Hall–Kier alpha value is -2.66. The maximum Gasteiger partial charge on any atom is 0.303 e. The number of carboxylic acids is 2. The Morgan fingerprint density at radius 1 is 0.676 bits per heavy atom. The van der Waals surface area contributed by atoms with Gasteiger partial charge in [0.1, 0.15) is 0 Å². The highest BCUT2D eigenvalue weighted by molar-refractivity contribution is 5.67. The van der Waals surface area contributed by atoms with Gasteiger partial charge in [-0.15, -0.1) is 0 Å². The van der Waals surface area contributed by atoms with Crippen LogP contribution in [0.4, 0.5) is 0 Å². The lowest BCUT2D eigenvalue weighted by Crippen LogP contribution is -2.25. The largest absolute Gasteiger partial charge is 0.481 e. The number of carboxylic acid groups (broad SMARTS) is 2. The highest BCUT2D eigenvalue weighted by atomic mass is 16.4. The van der Waals surface area contributed by atoms with E-state index in [4.69, 9.17) is 0 Å². The molecule has 0 radical (unpaired) electrons. The lowest BCUT2D eigenvalue weighted by molar-refractivity contribution is -0.138. The molecule has 2 rings (SSSR count). The molecule has 2 aromatic rings. The molecule has 3 N–H and O–H groups in total. The van der Waals surface area contributed by atoms with Gasteiger partial charge in [0.25, 0.3) is 0 Å². The van der Waals surface area contributed by atoms with Gasteiger partial charge in [0.05, 0.1) is 6.10 Å². The molecule has 0 amide bonds. The zero-order valence-corrected chi connectivity index (χ0v) is 20.6. The third-order valence-corrected chi connectivity index (χ3v) is 7.25. The Bertz CT molecular complexity index is 808. The van der Waals surface area contributed by atoms with Crippen molar-refractivity contribution in [3.8, 4) is 0 Å². The number of carbonyl (C=O) groups is 2. The van der Waals surface area contributed by atoms with E-state index >= 15 is 0 Å². The average molecular weight is 469 g/mol. The molecule has 2 aromatic carbocycles. The van der Waals surface area contributed by atoms with Crippen molar-refractivity contribution < 1.29 is 24.9 Å². The summed E-state index contributed by atoms with van der Waals surface area (Å²) in [7, 11) is 0. The minimum Gasteiger partial charge on any atom is -0.481 e. The van der Waals surface area contributed by atoms with Gasteiger partial charge in [-0.2, -0.15) is 0 Å². The fraction of sp³-hybridized carbons (Fsp3) is 0.517. The highest BCUT2D eigenvalue weighted by Crippen LogP contribution is 2.36. The maximum absolute atomic E-state index is 11.2. The van der Waals surface area contributed by atoms with E-state index in [-0.39, 0.29) is 23.7 Å². The van der Waals surface area contributed by atoms with E-state index in [1.54, 1.807) is 0 Å². The number of hydrogen-bond donors (Lipinski definition) is 3. The first-order chi connectivity index (χ1) is 16.1. The lowest BCUT2D eigenvalue weighted by atomic mass is 9.74. The predicted octanol–water partition coefficient (Wildman–Crippen LogP) is 6.33. The number of aliphatic hydroxyl groups is 1. The molecule has 0 heterocycles. The fourth-order valence-electron chi connectivity index (χ4n) is 4.87. The Balaban J connectivity index is 1.88. The first-order valence-corrected chi connectivity index (χ1v) is 12.4. The fourth-order valence-corrected chi connectivity index (χ4v) is 4.87. The molecule has 186 valence electrons. The van der Waals surface area contributed by atoms with Gasteiger partial charge in [-0.25, -0.2) is 0 Å². The van der Waals surface area contributed by atoms with Gasteiger partial charge in [-0.3, -0.25) is 9.59 Å². The zero-order chi connectivity index (χ0) is 25.0. The number of benzene rings is 2. The molecule has 5 nitrogen and oxygen atoms in total. The van der Waals surface area contributed by atoms with Crippen LogP contribution in [0.1, 0.15) is 89.2 Å². The van der Waals surface area contributed by atoms with Crippen LogP contribution in [0.5, 0.6) is 0 Å². The molecule has 5 heteroatoms. The smallest absolute Gasteiger partial charge is 0.303 e. The van der Waals surface area contributed by atoms with Crippen LogP contribution in [-0.2, 0) is 20.4 Å². The van der Waals surface area contributed by atoms with Crippen molar-refractivity contribution in [1.29, 1.82) is 0 Å². The monoisotopic (exact) mass is 468 g/mol. The highest BCUT2D eigenvalue weighted by Gasteiger charge is 2.29. The maximum atomic E-state index is 11.2. The molecular weight excluding hydrogens is 428 g/mol. The summed E-state index contributed by atoms with van der Waals surface area (Å²) in [6.45, 7) is 4.23. The molecule has 2 atom stereocenters. The summed E-state index contributed by atoms with van der Waals surface area (Å²) in [6.07, 6.45) is 5.61. The Kier molecular flexibility index (Phi) is 10.8. The van der Waals surface area contributed by atoms with Gasteiger partial charge >= 0.3 is 11.9 Å². The van der Waals surface area contributed by atoms with Crippen LogP contribution in [0.3, 0.4) is 0 Å². The second kappa shape index (κ2) is 13.3. The molecule has 0 aliphatic heterocycles. The SMILES string of the molecule is CC(CCCC(O)CCCC(C)(CCC(=O)O)c1ccccc1)(CCC(=O)O)c1ccccc1. The number of hydrogen-bond acceptors (Lipinski definition) is 3. The third-order valence-electron chi connectivity index (χ3n) is 7.25. The Morgan fingerprint density at radius 2 is 1.03 bits per heavy atom. The zero-order valence-electron chi connectivity index (χ0n) is 20.6. The first-order valence-electron chi connectivity index (χ1n) is 12.4. The van der Waals surface area contributed by atoms with Crippen LogP contribution in [0, 0.1) is 0 Å². The van der Waals surface area contributed by atoms with Crippen LogP contribution in [-0.4, -0.2) is 33.4 Å². The van der Waals surface area contributed by atoms with E-state index in [2.05, 4.69) is 38.1 Å². The van der Waals surface area contributed by atoms with Crippen molar-refractivity contribution in [3.05, 3.63) is 71.8 Å². The molecule has 0 saturated heterocycles. The summed E-state index contributed by atoms with van der Waals surface area (Å²) in [5.41, 5.74) is 1.81. The Morgan fingerprint density at radius 3 is 1.35 bits per heavy atom. The molecule has 2 unspecified atom stereocenters. The first kappa shape index (κ1) is 27.6. The normalized spacial score (nSPS) is 15.7. The molecule has 0 aliphatic rings. The molecule has 0 aliphatic carbocycles. The number of rotatable bonds is 16. The van der Waals surface area contributed by atoms with Crippen LogP contribution >= 0.6 is 0 Å². The van der Waals surface area contributed by atoms with Crippen molar-refractivity contribution in [2.45, 2.75) is 95.0 Å². The summed E-state index contributed by atoms with van der Waals surface area (Å²) in [5.74, 6) is -1.57. The van der Waals surface area contributed by atoms with Gasteiger partial charge in [0, 0.05) is 12.8 Å². The van der Waals surface area contributed by atoms with E-state index < -0.39 is 18.0 Å². The third kappa shape index (κ3) is 8.94. The molecule has 0 fully saturated rings. The molecule has 0 bridgehead atoms. The summed E-state index contributed by atoms with van der Waals surface area (Å²) in [4.78, 5) is 22.3. The van der Waals surface area contributed by atoms with E-state index in [1.165, 1.54) is 0 Å². The standard InChI is InChI=1S/C29H40O5/c1-28(21-17-26(31)32,23-11-5-3-6-12-23)19-9-15-25(30)16-10-20-29(2,22-18-27(33)34)24-13-7-4-8-14-24/h3-8,11-14,25,30H,9-10,15-22H2,1-2H3,(H,31,32)(H,33,34). The number of aliphatic carboxylic acids is 2. The van der Waals surface area contributed by atoms with E-state index in [1.807, 2.05) is 36.4 Å². The van der Waals surface area contributed by atoms with E-state index in [9.17, 15) is 24.9 Å². The second-order valence-corrected chi connectivity index (χ2v) is 10.1. The predicted molar refractivity (Wildman–Crippen MR) is 135 cm³/mol. The minimum absolute atomic E-state index is 0.127. The molecule has 0 spiro atoms. The molecule has 34 heavy (non-hydrogen) atoms. The van der Waals surface area contributed by atoms with Crippen LogP contribution in [0.2, 0.25) is 0 Å².